The minimum Gasteiger partial charge on any atom is -0.367 e. The van der Waals surface area contributed by atoms with Crippen LogP contribution in [-0.4, -0.2) is 34.2 Å². The topological polar surface area (TPSA) is 91.8 Å². The molecule has 0 bridgehead atoms. The smallest absolute Gasteiger partial charge is 0.220 e. The number of amides is 1. The van der Waals surface area contributed by atoms with E-state index in [1.54, 1.807) is 6.20 Å². The lowest BCUT2D eigenvalue weighted by Gasteiger charge is -2.08. The van der Waals surface area contributed by atoms with Crippen molar-refractivity contribution in [3.05, 3.63) is 36.0 Å². The van der Waals surface area contributed by atoms with E-state index in [4.69, 9.17) is 0 Å². The number of pyridine rings is 1. The molecule has 1 saturated carbocycles. The van der Waals surface area contributed by atoms with Crippen LogP contribution in [0, 0.1) is 12.8 Å². The Kier molecular flexibility index (Phi) is 5.20. The molecular formula is C17H22N6O. The van der Waals surface area contributed by atoms with Crippen LogP contribution in [0.15, 0.2) is 30.5 Å². The molecule has 0 atom stereocenters. The minimum atomic E-state index is 0.135. The van der Waals surface area contributed by atoms with E-state index >= 15 is 0 Å². The molecule has 1 amide bonds. The van der Waals surface area contributed by atoms with Gasteiger partial charge in [-0.1, -0.05) is 0 Å². The molecule has 1 fully saturated rings. The SMILES string of the molecule is Cc1ccnc(Nc2ccc(NCCNC(=O)CC3CC3)nn2)c1. The third kappa shape index (κ3) is 5.19. The number of rotatable bonds is 8. The van der Waals surface area contributed by atoms with E-state index < -0.39 is 0 Å². The van der Waals surface area contributed by atoms with Crippen LogP contribution in [0.3, 0.4) is 0 Å². The van der Waals surface area contributed by atoms with E-state index in [0.29, 0.717) is 37.1 Å². The summed E-state index contributed by atoms with van der Waals surface area (Å²) >= 11 is 0. The summed E-state index contributed by atoms with van der Waals surface area (Å²) in [6.07, 6.45) is 4.80. The van der Waals surface area contributed by atoms with E-state index in [-0.39, 0.29) is 5.91 Å². The molecule has 1 aliphatic carbocycles. The Balaban J connectivity index is 1.40. The fraction of sp³-hybridized carbons (Fsp3) is 0.412. The second-order valence-corrected chi connectivity index (χ2v) is 6.07. The van der Waals surface area contributed by atoms with Gasteiger partial charge in [-0.05, 0) is 55.5 Å². The number of carbonyl (C=O) groups is 1. The maximum absolute atomic E-state index is 11.6. The van der Waals surface area contributed by atoms with Gasteiger partial charge in [0.1, 0.15) is 11.6 Å². The first-order valence-corrected chi connectivity index (χ1v) is 8.23. The van der Waals surface area contributed by atoms with Crippen LogP contribution >= 0.6 is 0 Å². The van der Waals surface area contributed by atoms with Crippen molar-refractivity contribution in [2.45, 2.75) is 26.2 Å². The van der Waals surface area contributed by atoms with E-state index in [0.717, 1.165) is 11.4 Å². The summed E-state index contributed by atoms with van der Waals surface area (Å²) in [4.78, 5) is 15.8. The third-order valence-corrected chi connectivity index (χ3v) is 3.76. The van der Waals surface area contributed by atoms with Crippen LogP contribution in [-0.2, 0) is 4.79 Å². The molecule has 0 radical (unpaired) electrons. The number of nitrogens with one attached hydrogen (secondary N) is 3. The molecule has 0 saturated heterocycles. The van der Waals surface area contributed by atoms with Gasteiger partial charge in [-0.3, -0.25) is 4.79 Å². The highest BCUT2D eigenvalue weighted by molar-refractivity contribution is 5.76. The fourth-order valence-electron chi connectivity index (χ4n) is 2.28. The summed E-state index contributed by atoms with van der Waals surface area (Å²) in [6, 6.07) is 7.56. The first-order chi connectivity index (χ1) is 11.7. The van der Waals surface area contributed by atoms with Gasteiger partial charge in [-0.2, -0.15) is 0 Å². The highest BCUT2D eigenvalue weighted by Gasteiger charge is 2.23. The van der Waals surface area contributed by atoms with Gasteiger partial charge in [0.25, 0.3) is 0 Å². The van der Waals surface area contributed by atoms with Gasteiger partial charge in [0, 0.05) is 25.7 Å². The molecular weight excluding hydrogens is 304 g/mol. The van der Waals surface area contributed by atoms with Crippen molar-refractivity contribution in [2.24, 2.45) is 5.92 Å². The minimum absolute atomic E-state index is 0.135. The number of aryl methyl sites for hydroxylation is 1. The highest BCUT2D eigenvalue weighted by atomic mass is 16.1. The number of anilines is 3. The Morgan fingerprint density at radius 3 is 2.62 bits per heavy atom. The van der Waals surface area contributed by atoms with Gasteiger partial charge in [-0.15, -0.1) is 10.2 Å². The van der Waals surface area contributed by atoms with Gasteiger partial charge in [0.15, 0.2) is 5.82 Å². The number of nitrogens with zero attached hydrogens (tertiary/aromatic N) is 3. The van der Waals surface area contributed by atoms with Crippen molar-refractivity contribution in [1.29, 1.82) is 0 Å². The number of hydrogen-bond acceptors (Lipinski definition) is 6. The van der Waals surface area contributed by atoms with Crippen LogP contribution < -0.4 is 16.0 Å². The fourth-order valence-corrected chi connectivity index (χ4v) is 2.28. The van der Waals surface area contributed by atoms with Crippen molar-refractivity contribution in [3.8, 4) is 0 Å². The Hall–Kier alpha value is -2.70. The first-order valence-electron chi connectivity index (χ1n) is 8.23. The average Bonchev–Trinajstić information content (AvgIpc) is 3.37. The van der Waals surface area contributed by atoms with Crippen molar-refractivity contribution in [1.82, 2.24) is 20.5 Å². The Labute approximate surface area is 141 Å². The van der Waals surface area contributed by atoms with Gasteiger partial charge < -0.3 is 16.0 Å². The van der Waals surface area contributed by atoms with Crippen LogP contribution in [0.5, 0.6) is 0 Å². The second kappa shape index (κ2) is 7.72. The lowest BCUT2D eigenvalue weighted by Crippen LogP contribution is -2.29. The number of hydrogen-bond donors (Lipinski definition) is 3. The van der Waals surface area contributed by atoms with Crippen molar-refractivity contribution in [2.75, 3.05) is 23.7 Å². The van der Waals surface area contributed by atoms with Crippen LogP contribution in [0.25, 0.3) is 0 Å². The van der Waals surface area contributed by atoms with Gasteiger partial charge >= 0.3 is 0 Å². The highest BCUT2D eigenvalue weighted by Crippen LogP contribution is 2.31. The molecule has 24 heavy (non-hydrogen) atoms. The Morgan fingerprint density at radius 2 is 1.92 bits per heavy atom. The molecule has 1 aliphatic rings. The molecule has 2 heterocycles. The zero-order valence-corrected chi connectivity index (χ0v) is 13.7. The maximum Gasteiger partial charge on any atom is 0.220 e. The van der Waals surface area contributed by atoms with Crippen LogP contribution in [0.2, 0.25) is 0 Å². The molecule has 7 nitrogen and oxygen atoms in total. The van der Waals surface area contributed by atoms with Crippen molar-refractivity contribution < 1.29 is 4.79 Å². The second-order valence-electron chi connectivity index (χ2n) is 6.07. The van der Waals surface area contributed by atoms with E-state index in [9.17, 15) is 4.79 Å². The number of aromatic nitrogens is 3. The summed E-state index contributed by atoms with van der Waals surface area (Å²) < 4.78 is 0. The summed E-state index contributed by atoms with van der Waals surface area (Å²) in [5.41, 5.74) is 1.13. The molecule has 2 aromatic rings. The zero-order valence-electron chi connectivity index (χ0n) is 13.7. The lowest BCUT2D eigenvalue weighted by molar-refractivity contribution is -0.121. The molecule has 2 aromatic heterocycles. The summed E-state index contributed by atoms with van der Waals surface area (Å²) in [7, 11) is 0. The van der Waals surface area contributed by atoms with Gasteiger partial charge in [0.2, 0.25) is 5.91 Å². The van der Waals surface area contributed by atoms with Crippen molar-refractivity contribution >= 4 is 23.4 Å². The molecule has 0 unspecified atom stereocenters. The molecule has 3 N–H and O–H groups in total. The largest absolute Gasteiger partial charge is 0.367 e. The molecule has 7 heteroatoms. The zero-order chi connectivity index (χ0) is 16.8. The monoisotopic (exact) mass is 326 g/mol. The van der Waals surface area contributed by atoms with Gasteiger partial charge in [0.05, 0.1) is 0 Å². The Bertz CT molecular complexity index is 684. The normalized spacial score (nSPS) is 13.4. The maximum atomic E-state index is 11.6. The number of carbonyl (C=O) groups excluding carboxylic acids is 1. The molecule has 0 aliphatic heterocycles. The first kappa shape index (κ1) is 16.2. The summed E-state index contributed by atoms with van der Waals surface area (Å²) in [5, 5.41) is 17.4. The standard InChI is InChI=1S/C17H22N6O/c1-12-6-7-18-16(10-12)21-15-5-4-14(22-23-15)19-8-9-20-17(24)11-13-2-3-13/h4-7,10,13H,2-3,8-9,11H2,1H3,(H,19,22)(H,20,24)(H,18,21,23). The van der Waals surface area contributed by atoms with Crippen LogP contribution in [0.4, 0.5) is 17.5 Å². The predicted octanol–water partition coefficient (Wildman–Crippen LogP) is 2.25. The summed E-state index contributed by atoms with van der Waals surface area (Å²) in [6.45, 7) is 3.22. The molecule has 3 rings (SSSR count). The van der Waals surface area contributed by atoms with Crippen LogP contribution in [0.1, 0.15) is 24.8 Å². The van der Waals surface area contributed by atoms with E-state index in [1.807, 2.05) is 31.2 Å². The molecule has 0 spiro atoms. The molecule has 126 valence electrons. The predicted molar refractivity (Wildman–Crippen MR) is 93.1 cm³/mol. The van der Waals surface area contributed by atoms with Crippen molar-refractivity contribution in [3.63, 3.8) is 0 Å². The summed E-state index contributed by atoms with van der Waals surface area (Å²) in [5.74, 6) is 2.80. The third-order valence-electron chi connectivity index (χ3n) is 3.76. The van der Waals surface area contributed by atoms with Gasteiger partial charge in [-0.25, -0.2) is 4.98 Å². The Morgan fingerprint density at radius 1 is 1.12 bits per heavy atom. The lowest BCUT2D eigenvalue weighted by atomic mass is 10.3. The quantitative estimate of drug-likeness (QED) is 0.645. The van der Waals surface area contributed by atoms with E-state index in [2.05, 4.69) is 31.1 Å². The molecule has 0 aromatic carbocycles. The average molecular weight is 326 g/mol. The van der Waals surface area contributed by atoms with E-state index in [1.165, 1.54) is 12.8 Å².